The second-order valence-electron chi connectivity index (χ2n) is 5.18. The SMILES string of the molecule is COc1ccc(CCn2nccc2CNC(C)C)cc1. The summed E-state index contributed by atoms with van der Waals surface area (Å²) in [4.78, 5) is 0. The summed E-state index contributed by atoms with van der Waals surface area (Å²) in [6.45, 7) is 6.06. The van der Waals surface area contributed by atoms with Gasteiger partial charge >= 0.3 is 0 Å². The molecule has 108 valence electrons. The van der Waals surface area contributed by atoms with Crippen molar-refractivity contribution in [2.24, 2.45) is 0 Å². The monoisotopic (exact) mass is 273 g/mol. The molecule has 1 N–H and O–H groups in total. The van der Waals surface area contributed by atoms with Gasteiger partial charge in [0.2, 0.25) is 0 Å². The van der Waals surface area contributed by atoms with Crippen molar-refractivity contribution in [1.82, 2.24) is 15.1 Å². The first-order valence-corrected chi connectivity index (χ1v) is 7.06. The number of nitrogens with zero attached hydrogens (tertiary/aromatic N) is 2. The van der Waals surface area contributed by atoms with E-state index in [1.165, 1.54) is 11.3 Å². The maximum atomic E-state index is 5.17. The van der Waals surface area contributed by atoms with Crippen molar-refractivity contribution in [2.75, 3.05) is 7.11 Å². The molecule has 0 aliphatic heterocycles. The van der Waals surface area contributed by atoms with Crippen LogP contribution in [0.15, 0.2) is 36.5 Å². The van der Waals surface area contributed by atoms with Gasteiger partial charge in [-0.1, -0.05) is 26.0 Å². The van der Waals surface area contributed by atoms with E-state index < -0.39 is 0 Å². The van der Waals surface area contributed by atoms with Crippen molar-refractivity contribution in [1.29, 1.82) is 0 Å². The molecular weight excluding hydrogens is 250 g/mol. The first-order chi connectivity index (χ1) is 9.69. The highest BCUT2D eigenvalue weighted by molar-refractivity contribution is 5.27. The fourth-order valence-electron chi connectivity index (χ4n) is 2.05. The molecule has 0 saturated heterocycles. The number of nitrogens with one attached hydrogen (secondary N) is 1. The van der Waals surface area contributed by atoms with E-state index in [2.05, 4.69) is 47.1 Å². The molecule has 1 aromatic carbocycles. The Morgan fingerprint density at radius 3 is 2.60 bits per heavy atom. The van der Waals surface area contributed by atoms with Gasteiger partial charge in [0.05, 0.1) is 12.8 Å². The molecule has 4 nitrogen and oxygen atoms in total. The number of rotatable bonds is 7. The lowest BCUT2D eigenvalue weighted by Gasteiger charge is -2.11. The summed E-state index contributed by atoms with van der Waals surface area (Å²) in [6, 6.07) is 10.8. The van der Waals surface area contributed by atoms with E-state index in [4.69, 9.17) is 4.74 Å². The van der Waals surface area contributed by atoms with Gasteiger partial charge in [0.1, 0.15) is 5.75 Å². The number of hydrogen-bond donors (Lipinski definition) is 1. The van der Waals surface area contributed by atoms with Crippen molar-refractivity contribution in [3.8, 4) is 5.75 Å². The highest BCUT2D eigenvalue weighted by Gasteiger charge is 2.03. The molecule has 0 spiro atoms. The molecule has 1 heterocycles. The molecule has 0 aliphatic rings. The Morgan fingerprint density at radius 2 is 1.95 bits per heavy atom. The van der Waals surface area contributed by atoms with Crippen LogP contribution in [0.4, 0.5) is 0 Å². The molecule has 0 saturated carbocycles. The number of ether oxygens (including phenoxy) is 1. The van der Waals surface area contributed by atoms with E-state index in [0.717, 1.165) is 25.3 Å². The van der Waals surface area contributed by atoms with Crippen LogP contribution in [-0.4, -0.2) is 22.9 Å². The fourth-order valence-corrected chi connectivity index (χ4v) is 2.05. The minimum Gasteiger partial charge on any atom is -0.497 e. The van der Waals surface area contributed by atoms with Crippen molar-refractivity contribution >= 4 is 0 Å². The lowest BCUT2D eigenvalue weighted by Crippen LogP contribution is -2.24. The summed E-state index contributed by atoms with van der Waals surface area (Å²) >= 11 is 0. The van der Waals surface area contributed by atoms with Gasteiger partial charge in [0.25, 0.3) is 0 Å². The summed E-state index contributed by atoms with van der Waals surface area (Å²) in [5, 5.41) is 7.82. The van der Waals surface area contributed by atoms with Gasteiger partial charge in [0, 0.05) is 25.3 Å². The zero-order chi connectivity index (χ0) is 14.4. The molecule has 1 aromatic heterocycles. The van der Waals surface area contributed by atoms with Crippen LogP contribution in [0, 0.1) is 0 Å². The van der Waals surface area contributed by atoms with Crippen LogP contribution < -0.4 is 10.1 Å². The molecule has 2 rings (SSSR count). The lowest BCUT2D eigenvalue weighted by molar-refractivity contribution is 0.414. The number of benzene rings is 1. The van der Waals surface area contributed by atoms with Crippen molar-refractivity contribution < 1.29 is 4.74 Å². The predicted octanol–water partition coefficient (Wildman–Crippen LogP) is 2.63. The molecule has 0 radical (unpaired) electrons. The molecule has 4 heteroatoms. The number of methoxy groups -OCH3 is 1. The maximum absolute atomic E-state index is 5.17. The van der Waals surface area contributed by atoms with Crippen LogP contribution in [0.25, 0.3) is 0 Å². The zero-order valence-corrected chi connectivity index (χ0v) is 12.5. The van der Waals surface area contributed by atoms with Gasteiger partial charge in [-0.3, -0.25) is 4.68 Å². The molecule has 2 aromatic rings. The Morgan fingerprint density at radius 1 is 1.20 bits per heavy atom. The van der Waals surface area contributed by atoms with Crippen LogP contribution in [0.3, 0.4) is 0 Å². The highest BCUT2D eigenvalue weighted by atomic mass is 16.5. The normalized spacial score (nSPS) is 11.0. The van der Waals surface area contributed by atoms with E-state index in [0.29, 0.717) is 6.04 Å². The fraction of sp³-hybridized carbons (Fsp3) is 0.438. The van der Waals surface area contributed by atoms with Crippen LogP contribution in [0.2, 0.25) is 0 Å². The van der Waals surface area contributed by atoms with Gasteiger partial charge in [0.15, 0.2) is 0 Å². The second kappa shape index (κ2) is 7.10. The van der Waals surface area contributed by atoms with E-state index in [1.807, 2.05) is 18.3 Å². The Kier molecular flexibility index (Phi) is 5.18. The molecule has 0 aliphatic carbocycles. The lowest BCUT2D eigenvalue weighted by atomic mass is 10.1. The molecular formula is C16H23N3O. The minimum absolute atomic E-state index is 0.486. The standard InChI is InChI=1S/C16H23N3O/c1-13(2)17-12-15-8-10-18-19(15)11-9-14-4-6-16(20-3)7-5-14/h4-8,10,13,17H,9,11-12H2,1-3H3. The molecule has 0 amide bonds. The van der Waals surface area contributed by atoms with Crippen molar-refractivity contribution in [3.05, 3.63) is 47.8 Å². The topological polar surface area (TPSA) is 39.1 Å². The maximum Gasteiger partial charge on any atom is 0.118 e. The van der Waals surface area contributed by atoms with E-state index in [1.54, 1.807) is 7.11 Å². The van der Waals surface area contributed by atoms with Gasteiger partial charge in [-0.2, -0.15) is 5.10 Å². The summed E-state index contributed by atoms with van der Waals surface area (Å²) in [6.07, 6.45) is 2.84. The summed E-state index contributed by atoms with van der Waals surface area (Å²) in [5.41, 5.74) is 2.52. The summed E-state index contributed by atoms with van der Waals surface area (Å²) in [7, 11) is 1.69. The Balaban J connectivity index is 1.91. The van der Waals surface area contributed by atoms with Gasteiger partial charge in [-0.15, -0.1) is 0 Å². The Hall–Kier alpha value is -1.81. The molecule has 0 unspecified atom stereocenters. The zero-order valence-electron chi connectivity index (χ0n) is 12.5. The Labute approximate surface area is 120 Å². The Bertz CT molecular complexity index is 517. The van der Waals surface area contributed by atoms with Gasteiger partial charge in [-0.25, -0.2) is 0 Å². The number of aromatic nitrogens is 2. The molecule has 0 atom stereocenters. The third-order valence-electron chi connectivity index (χ3n) is 3.27. The molecule has 20 heavy (non-hydrogen) atoms. The number of aryl methyl sites for hydroxylation is 2. The average Bonchev–Trinajstić information content (AvgIpc) is 2.91. The minimum atomic E-state index is 0.486. The van der Waals surface area contributed by atoms with Crippen LogP contribution >= 0.6 is 0 Å². The summed E-state index contributed by atoms with van der Waals surface area (Å²) < 4.78 is 7.24. The smallest absolute Gasteiger partial charge is 0.118 e. The largest absolute Gasteiger partial charge is 0.497 e. The average molecular weight is 273 g/mol. The van der Waals surface area contributed by atoms with E-state index >= 15 is 0 Å². The van der Waals surface area contributed by atoms with Crippen LogP contribution in [-0.2, 0) is 19.5 Å². The summed E-state index contributed by atoms with van der Waals surface area (Å²) in [5.74, 6) is 0.898. The second-order valence-corrected chi connectivity index (χ2v) is 5.18. The molecule has 0 fully saturated rings. The van der Waals surface area contributed by atoms with Crippen molar-refractivity contribution in [3.63, 3.8) is 0 Å². The first kappa shape index (κ1) is 14.6. The van der Waals surface area contributed by atoms with Crippen LogP contribution in [0.1, 0.15) is 25.1 Å². The third kappa shape index (κ3) is 4.10. The predicted molar refractivity (Wildman–Crippen MR) is 80.9 cm³/mol. The van der Waals surface area contributed by atoms with Crippen molar-refractivity contribution in [2.45, 2.75) is 39.4 Å². The van der Waals surface area contributed by atoms with E-state index in [9.17, 15) is 0 Å². The molecule has 0 bridgehead atoms. The van der Waals surface area contributed by atoms with E-state index in [-0.39, 0.29) is 0 Å². The first-order valence-electron chi connectivity index (χ1n) is 7.06. The van der Waals surface area contributed by atoms with Gasteiger partial charge < -0.3 is 10.1 Å². The highest BCUT2D eigenvalue weighted by Crippen LogP contribution is 2.12. The van der Waals surface area contributed by atoms with Gasteiger partial charge in [-0.05, 0) is 30.2 Å². The number of hydrogen-bond acceptors (Lipinski definition) is 3. The van der Waals surface area contributed by atoms with Crippen LogP contribution in [0.5, 0.6) is 5.75 Å². The third-order valence-corrected chi connectivity index (χ3v) is 3.27. The quantitative estimate of drug-likeness (QED) is 0.843.